The first-order chi connectivity index (χ1) is 13.5. The largest absolute Gasteiger partial charge is 0.481 e. The number of anilines is 1. The molecule has 0 saturated heterocycles. The molecule has 3 rings (SSSR count). The zero-order chi connectivity index (χ0) is 21.8. The summed E-state index contributed by atoms with van der Waals surface area (Å²) < 4.78 is 7.63. The quantitative estimate of drug-likeness (QED) is 0.670. The van der Waals surface area contributed by atoms with E-state index in [4.69, 9.17) is 20.1 Å². The lowest BCUT2D eigenvalue weighted by Crippen LogP contribution is -2.29. The lowest BCUT2D eigenvalue weighted by molar-refractivity contribution is -0.134. The molecule has 0 amide bonds. The van der Waals surface area contributed by atoms with E-state index in [1.807, 2.05) is 56.5 Å². The number of nitrogens with two attached hydrogens (primary N) is 1. The second-order valence-electron chi connectivity index (χ2n) is 7.50. The molecule has 1 aromatic carbocycles. The Hall–Kier alpha value is -3.20. The number of aryl methyl sites for hydroxylation is 2. The minimum atomic E-state index is -0.833. The van der Waals surface area contributed by atoms with Gasteiger partial charge in [-0.15, -0.1) is 5.10 Å². The number of carboxylic acids is 1. The number of carboxylic acid groups (broad SMARTS) is 1. The average Bonchev–Trinajstić information content (AvgIpc) is 3.21. The minimum absolute atomic E-state index is 0.422. The number of carbonyl (C=O) groups is 1. The van der Waals surface area contributed by atoms with Gasteiger partial charge in [0.05, 0.1) is 16.9 Å². The molecule has 0 spiro atoms. The molecule has 0 aliphatic heterocycles. The van der Waals surface area contributed by atoms with Crippen molar-refractivity contribution < 1.29 is 14.3 Å². The van der Waals surface area contributed by atoms with Crippen molar-refractivity contribution in [2.24, 2.45) is 5.73 Å². The fourth-order valence-electron chi connectivity index (χ4n) is 2.65. The number of hydrogen-bond donors (Lipinski definition) is 2. The molecule has 0 aliphatic carbocycles. The van der Waals surface area contributed by atoms with Gasteiger partial charge in [-0.1, -0.05) is 17.2 Å². The van der Waals surface area contributed by atoms with Gasteiger partial charge < -0.3 is 20.2 Å². The van der Waals surface area contributed by atoms with E-state index in [0.717, 1.165) is 29.6 Å². The summed E-state index contributed by atoms with van der Waals surface area (Å²) in [5.74, 6) is -0.411. The van der Waals surface area contributed by atoms with Crippen molar-refractivity contribution in [2.75, 3.05) is 11.9 Å². The van der Waals surface area contributed by atoms with Crippen molar-refractivity contribution in [3.8, 4) is 5.69 Å². The number of hydrogen-bond acceptors (Lipinski definition) is 7. The van der Waals surface area contributed by atoms with Crippen LogP contribution in [0.2, 0.25) is 0 Å². The molecule has 0 saturated carbocycles. The summed E-state index contributed by atoms with van der Waals surface area (Å²) >= 11 is 0. The summed E-state index contributed by atoms with van der Waals surface area (Å²) in [6, 6.07) is 10.8. The number of rotatable bonds is 5. The third kappa shape index (κ3) is 6.15. The molecule has 0 unspecified atom stereocenters. The molecule has 3 aromatic rings. The highest BCUT2D eigenvalue weighted by atomic mass is 16.4. The number of aliphatic carboxylic acids is 1. The topological polar surface area (TPSA) is 123 Å². The average molecular weight is 400 g/mol. The van der Waals surface area contributed by atoms with Crippen LogP contribution in [0.3, 0.4) is 0 Å². The number of nitrogens with zero attached hydrogens (tertiary/aromatic N) is 5. The van der Waals surface area contributed by atoms with Gasteiger partial charge in [-0.3, -0.25) is 4.79 Å². The van der Waals surface area contributed by atoms with E-state index in [9.17, 15) is 0 Å². The van der Waals surface area contributed by atoms with Gasteiger partial charge in [0.25, 0.3) is 5.97 Å². The molecule has 0 radical (unpaired) electrons. The first kappa shape index (κ1) is 22.1. The SMILES string of the molecule is CC(=O)O.Cc1cc(C)n(-c2cccc(CN(C)c3nnc(C(C)(C)N)o3)c2)n1. The van der Waals surface area contributed by atoms with Crippen LogP contribution in [0, 0.1) is 13.8 Å². The van der Waals surface area contributed by atoms with Gasteiger partial charge in [0.2, 0.25) is 5.89 Å². The summed E-state index contributed by atoms with van der Waals surface area (Å²) in [4.78, 5) is 10.9. The highest BCUT2D eigenvalue weighted by Gasteiger charge is 2.23. The van der Waals surface area contributed by atoms with Crippen molar-refractivity contribution in [3.63, 3.8) is 0 Å². The zero-order valence-corrected chi connectivity index (χ0v) is 17.7. The molecular weight excluding hydrogens is 372 g/mol. The Labute approximate surface area is 170 Å². The fraction of sp³-hybridized carbons (Fsp3) is 0.400. The Morgan fingerprint density at radius 3 is 2.45 bits per heavy atom. The maximum absolute atomic E-state index is 9.00. The van der Waals surface area contributed by atoms with Gasteiger partial charge in [0.15, 0.2) is 0 Å². The van der Waals surface area contributed by atoms with Crippen molar-refractivity contribution in [3.05, 3.63) is 53.2 Å². The van der Waals surface area contributed by atoms with Crippen LogP contribution in [0.5, 0.6) is 0 Å². The Morgan fingerprint density at radius 2 is 1.93 bits per heavy atom. The Balaban J connectivity index is 0.000000687. The van der Waals surface area contributed by atoms with Crippen LogP contribution >= 0.6 is 0 Å². The van der Waals surface area contributed by atoms with Crippen LogP contribution in [-0.4, -0.2) is 38.1 Å². The molecule has 2 aromatic heterocycles. The van der Waals surface area contributed by atoms with Crippen LogP contribution in [-0.2, 0) is 16.9 Å². The molecule has 3 N–H and O–H groups in total. The van der Waals surface area contributed by atoms with E-state index < -0.39 is 11.5 Å². The van der Waals surface area contributed by atoms with E-state index in [-0.39, 0.29) is 0 Å². The van der Waals surface area contributed by atoms with Crippen LogP contribution in [0.4, 0.5) is 6.01 Å². The fourth-order valence-corrected chi connectivity index (χ4v) is 2.65. The second-order valence-corrected chi connectivity index (χ2v) is 7.50. The molecule has 0 atom stereocenters. The van der Waals surface area contributed by atoms with Gasteiger partial charge >= 0.3 is 6.01 Å². The standard InChI is InChI=1S/C18H24N6O.C2H4O2/c1-12-9-13(2)24(22-12)15-8-6-7-14(10-15)11-23(5)17-21-20-16(25-17)18(3,4)19;1-2(3)4/h6-10H,11,19H2,1-5H3;1H3,(H,3,4). The highest BCUT2D eigenvalue weighted by Crippen LogP contribution is 2.21. The Morgan fingerprint density at radius 1 is 1.28 bits per heavy atom. The van der Waals surface area contributed by atoms with Crippen molar-refractivity contribution in [1.82, 2.24) is 20.0 Å². The minimum Gasteiger partial charge on any atom is -0.481 e. The van der Waals surface area contributed by atoms with Crippen LogP contribution < -0.4 is 10.6 Å². The lowest BCUT2D eigenvalue weighted by Gasteiger charge is -2.16. The molecule has 9 nitrogen and oxygen atoms in total. The monoisotopic (exact) mass is 400 g/mol. The maximum atomic E-state index is 9.00. The van der Waals surface area contributed by atoms with Crippen molar-refractivity contribution in [2.45, 2.75) is 46.7 Å². The van der Waals surface area contributed by atoms with E-state index in [1.54, 1.807) is 0 Å². The molecular formula is C20H28N6O3. The van der Waals surface area contributed by atoms with Crippen LogP contribution in [0.1, 0.15) is 43.6 Å². The number of aromatic nitrogens is 4. The van der Waals surface area contributed by atoms with Crippen LogP contribution in [0.25, 0.3) is 5.69 Å². The summed E-state index contributed by atoms with van der Waals surface area (Å²) in [5.41, 5.74) is 9.61. The molecule has 156 valence electrons. The normalized spacial score (nSPS) is 11.0. The lowest BCUT2D eigenvalue weighted by atomic mass is 10.1. The van der Waals surface area contributed by atoms with Crippen molar-refractivity contribution >= 4 is 12.0 Å². The van der Waals surface area contributed by atoms with Crippen LogP contribution in [0.15, 0.2) is 34.7 Å². The number of benzene rings is 1. The third-order valence-corrected chi connectivity index (χ3v) is 3.88. The predicted molar refractivity (Wildman–Crippen MR) is 110 cm³/mol. The molecule has 29 heavy (non-hydrogen) atoms. The molecule has 2 heterocycles. The van der Waals surface area contributed by atoms with E-state index in [0.29, 0.717) is 18.5 Å². The zero-order valence-electron chi connectivity index (χ0n) is 17.7. The molecule has 0 fully saturated rings. The summed E-state index contributed by atoms with van der Waals surface area (Å²) in [6.07, 6.45) is 0. The third-order valence-electron chi connectivity index (χ3n) is 3.88. The Bertz CT molecular complexity index is 967. The van der Waals surface area contributed by atoms with Crippen molar-refractivity contribution in [1.29, 1.82) is 0 Å². The highest BCUT2D eigenvalue weighted by molar-refractivity contribution is 5.62. The van der Waals surface area contributed by atoms with Gasteiger partial charge in [-0.25, -0.2) is 4.68 Å². The summed E-state index contributed by atoms with van der Waals surface area (Å²) in [7, 11) is 1.91. The van der Waals surface area contributed by atoms with Gasteiger partial charge in [-0.05, 0) is 51.5 Å². The van der Waals surface area contributed by atoms with Gasteiger partial charge in [-0.2, -0.15) is 5.10 Å². The smallest absolute Gasteiger partial charge is 0.318 e. The predicted octanol–water partition coefficient (Wildman–Crippen LogP) is 2.79. The van der Waals surface area contributed by atoms with E-state index in [1.165, 1.54) is 0 Å². The van der Waals surface area contributed by atoms with E-state index in [2.05, 4.69) is 33.5 Å². The molecule has 9 heteroatoms. The second kappa shape index (κ2) is 8.87. The van der Waals surface area contributed by atoms with Gasteiger partial charge in [0.1, 0.15) is 0 Å². The Kier molecular flexibility index (Phi) is 6.76. The maximum Gasteiger partial charge on any atom is 0.318 e. The molecule has 0 aliphatic rings. The van der Waals surface area contributed by atoms with Gasteiger partial charge in [0, 0.05) is 26.2 Å². The first-order valence-electron chi connectivity index (χ1n) is 9.13. The summed E-state index contributed by atoms with van der Waals surface area (Å²) in [5, 5.41) is 20.1. The summed E-state index contributed by atoms with van der Waals surface area (Å²) in [6.45, 7) is 9.44. The molecule has 0 bridgehead atoms. The van der Waals surface area contributed by atoms with E-state index >= 15 is 0 Å². The first-order valence-corrected chi connectivity index (χ1v) is 9.13.